The van der Waals surface area contributed by atoms with E-state index in [2.05, 4.69) is 15.2 Å². The molecule has 0 aliphatic carbocycles. The lowest BCUT2D eigenvalue weighted by Crippen LogP contribution is -2.23. The molecule has 0 atom stereocenters. The van der Waals surface area contributed by atoms with Gasteiger partial charge in [0.15, 0.2) is 10.6 Å². The first kappa shape index (κ1) is 17.2. The molecule has 0 radical (unpaired) electrons. The standard InChI is InChI=1S/C19H20N4OS/c1-13-12-23(18(25-13)20-17(24)19(2,3)4)16-11-10-15(21-22-16)14-8-6-5-7-9-14/h5-12H,1-4H3. The fourth-order valence-corrected chi connectivity index (χ4v) is 2.99. The molecule has 3 rings (SSSR count). The molecule has 5 nitrogen and oxygen atoms in total. The first-order valence-electron chi connectivity index (χ1n) is 8.02. The highest BCUT2D eigenvalue weighted by Crippen LogP contribution is 2.17. The highest BCUT2D eigenvalue weighted by molar-refractivity contribution is 7.09. The zero-order valence-electron chi connectivity index (χ0n) is 14.7. The molecule has 0 saturated heterocycles. The minimum absolute atomic E-state index is 0.156. The molecule has 128 valence electrons. The normalized spacial score (nSPS) is 12.4. The van der Waals surface area contributed by atoms with Crippen molar-refractivity contribution in [1.29, 1.82) is 0 Å². The molecule has 6 heteroatoms. The lowest BCUT2D eigenvalue weighted by Gasteiger charge is -2.11. The lowest BCUT2D eigenvalue weighted by atomic mass is 9.96. The van der Waals surface area contributed by atoms with E-state index in [0.717, 1.165) is 16.1 Å². The van der Waals surface area contributed by atoms with Crippen molar-refractivity contribution < 1.29 is 4.79 Å². The molecule has 0 unspecified atom stereocenters. The maximum absolute atomic E-state index is 12.3. The summed E-state index contributed by atoms with van der Waals surface area (Å²) in [6, 6.07) is 13.7. The van der Waals surface area contributed by atoms with Crippen LogP contribution in [-0.4, -0.2) is 20.7 Å². The van der Waals surface area contributed by atoms with Crippen molar-refractivity contribution in [2.75, 3.05) is 0 Å². The summed E-state index contributed by atoms with van der Waals surface area (Å²) >= 11 is 1.46. The Kier molecular flexibility index (Phi) is 4.63. The summed E-state index contributed by atoms with van der Waals surface area (Å²) in [7, 11) is 0. The Hall–Kier alpha value is -2.60. The highest BCUT2D eigenvalue weighted by atomic mass is 32.1. The maximum Gasteiger partial charge on any atom is 0.253 e. The molecule has 0 bridgehead atoms. The van der Waals surface area contributed by atoms with Crippen LogP contribution >= 0.6 is 11.3 Å². The van der Waals surface area contributed by atoms with Crippen LogP contribution in [0.1, 0.15) is 25.6 Å². The second-order valence-corrected chi connectivity index (χ2v) is 8.02. The molecule has 3 aromatic rings. The Balaban J connectivity index is 2.01. The molecular formula is C19H20N4OS. The van der Waals surface area contributed by atoms with E-state index in [4.69, 9.17) is 0 Å². The summed E-state index contributed by atoms with van der Waals surface area (Å²) in [6.45, 7) is 7.56. The van der Waals surface area contributed by atoms with Gasteiger partial charge in [-0.1, -0.05) is 51.1 Å². The van der Waals surface area contributed by atoms with Gasteiger partial charge in [-0.15, -0.1) is 21.5 Å². The third kappa shape index (κ3) is 3.91. The predicted molar refractivity (Wildman–Crippen MR) is 99.4 cm³/mol. The van der Waals surface area contributed by atoms with Gasteiger partial charge in [0.1, 0.15) is 0 Å². The van der Waals surface area contributed by atoms with Gasteiger partial charge in [0.05, 0.1) is 5.69 Å². The number of benzene rings is 1. The van der Waals surface area contributed by atoms with Crippen LogP contribution in [0.3, 0.4) is 0 Å². The Morgan fingerprint density at radius 1 is 1.08 bits per heavy atom. The number of carbonyl (C=O) groups is 1. The summed E-state index contributed by atoms with van der Waals surface area (Å²) in [5.74, 6) is 0.487. The van der Waals surface area contributed by atoms with E-state index in [-0.39, 0.29) is 5.91 Å². The quantitative estimate of drug-likeness (QED) is 0.705. The summed E-state index contributed by atoms with van der Waals surface area (Å²) in [6.07, 6.45) is 1.92. The fourth-order valence-electron chi connectivity index (χ4n) is 2.17. The number of aryl methyl sites for hydroxylation is 1. The van der Waals surface area contributed by atoms with Gasteiger partial charge < -0.3 is 0 Å². The van der Waals surface area contributed by atoms with Crippen molar-refractivity contribution in [2.24, 2.45) is 10.4 Å². The van der Waals surface area contributed by atoms with Crippen LogP contribution in [0.15, 0.2) is 53.7 Å². The molecule has 0 N–H and O–H groups in total. The number of carbonyl (C=O) groups excluding carboxylic acids is 1. The Bertz CT molecular complexity index is 948. The Morgan fingerprint density at radius 2 is 1.80 bits per heavy atom. The van der Waals surface area contributed by atoms with Crippen molar-refractivity contribution >= 4 is 17.2 Å². The van der Waals surface area contributed by atoms with Crippen LogP contribution < -0.4 is 4.80 Å². The molecule has 2 heterocycles. The number of rotatable bonds is 2. The molecule has 0 aliphatic heterocycles. The highest BCUT2D eigenvalue weighted by Gasteiger charge is 2.21. The van der Waals surface area contributed by atoms with Gasteiger partial charge in [0.25, 0.3) is 5.91 Å². The summed E-state index contributed by atoms with van der Waals surface area (Å²) in [5.41, 5.74) is 1.31. The van der Waals surface area contributed by atoms with E-state index in [9.17, 15) is 4.79 Å². The van der Waals surface area contributed by atoms with Gasteiger partial charge in [-0.05, 0) is 19.1 Å². The molecule has 0 saturated carbocycles. The van der Waals surface area contributed by atoms with Crippen LogP contribution in [0.4, 0.5) is 0 Å². The first-order chi connectivity index (χ1) is 11.8. The van der Waals surface area contributed by atoms with E-state index in [1.807, 2.05) is 80.9 Å². The predicted octanol–water partition coefficient (Wildman–Crippen LogP) is 3.78. The van der Waals surface area contributed by atoms with Crippen molar-refractivity contribution in [3.63, 3.8) is 0 Å². The van der Waals surface area contributed by atoms with Gasteiger partial charge in [-0.2, -0.15) is 4.99 Å². The van der Waals surface area contributed by atoms with Crippen LogP contribution in [0, 0.1) is 12.3 Å². The summed E-state index contributed by atoms with van der Waals surface area (Å²) in [5, 5.41) is 8.63. The molecular weight excluding hydrogens is 332 g/mol. The van der Waals surface area contributed by atoms with E-state index in [1.165, 1.54) is 11.3 Å². The smallest absolute Gasteiger partial charge is 0.253 e. The topological polar surface area (TPSA) is 60.1 Å². The van der Waals surface area contributed by atoms with E-state index >= 15 is 0 Å². The van der Waals surface area contributed by atoms with Crippen molar-refractivity contribution in [1.82, 2.24) is 14.8 Å². The molecule has 0 fully saturated rings. The van der Waals surface area contributed by atoms with E-state index in [1.54, 1.807) is 0 Å². The van der Waals surface area contributed by atoms with Gasteiger partial charge in [0.2, 0.25) is 0 Å². The first-order valence-corrected chi connectivity index (χ1v) is 8.84. The number of nitrogens with zero attached hydrogens (tertiary/aromatic N) is 4. The Labute approximate surface area is 150 Å². The van der Waals surface area contributed by atoms with Crippen LogP contribution in [0.5, 0.6) is 0 Å². The number of hydrogen-bond donors (Lipinski definition) is 0. The van der Waals surface area contributed by atoms with E-state index in [0.29, 0.717) is 10.6 Å². The Morgan fingerprint density at radius 3 is 2.40 bits per heavy atom. The van der Waals surface area contributed by atoms with Crippen LogP contribution in [-0.2, 0) is 4.79 Å². The average Bonchev–Trinajstić information content (AvgIpc) is 2.95. The monoisotopic (exact) mass is 352 g/mol. The zero-order chi connectivity index (χ0) is 18.0. The zero-order valence-corrected chi connectivity index (χ0v) is 15.5. The molecule has 2 aromatic heterocycles. The van der Waals surface area contributed by atoms with Crippen molar-refractivity contribution in [3.05, 3.63) is 58.3 Å². The van der Waals surface area contributed by atoms with Crippen molar-refractivity contribution in [3.8, 4) is 17.1 Å². The second kappa shape index (κ2) is 6.72. The molecule has 1 amide bonds. The molecule has 25 heavy (non-hydrogen) atoms. The number of hydrogen-bond acceptors (Lipinski definition) is 4. The molecule has 1 aromatic carbocycles. The minimum Gasteiger partial charge on any atom is -0.275 e. The maximum atomic E-state index is 12.3. The second-order valence-electron chi connectivity index (χ2n) is 6.80. The SMILES string of the molecule is Cc1cn(-c2ccc(-c3ccccc3)nn2)c(=NC(=O)C(C)(C)C)s1. The van der Waals surface area contributed by atoms with Gasteiger partial charge >= 0.3 is 0 Å². The summed E-state index contributed by atoms with van der Waals surface area (Å²) in [4.78, 5) is 18.2. The number of aromatic nitrogens is 3. The number of amides is 1. The third-order valence-electron chi connectivity index (χ3n) is 3.57. The van der Waals surface area contributed by atoms with Gasteiger partial charge in [-0.3, -0.25) is 9.36 Å². The van der Waals surface area contributed by atoms with Gasteiger partial charge in [-0.25, -0.2) is 0 Å². The third-order valence-corrected chi connectivity index (χ3v) is 4.47. The summed E-state index contributed by atoms with van der Waals surface area (Å²) < 4.78 is 1.81. The fraction of sp³-hybridized carbons (Fsp3) is 0.263. The van der Waals surface area contributed by atoms with Crippen molar-refractivity contribution in [2.45, 2.75) is 27.7 Å². The van der Waals surface area contributed by atoms with Gasteiger partial charge in [0, 0.05) is 22.1 Å². The van der Waals surface area contributed by atoms with Crippen LogP contribution in [0.2, 0.25) is 0 Å². The molecule has 0 spiro atoms. The largest absolute Gasteiger partial charge is 0.275 e. The molecule has 0 aliphatic rings. The average molecular weight is 352 g/mol. The van der Waals surface area contributed by atoms with Crippen LogP contribution in [0.25, 0.3) is 17.1 Å². The number of thiazole rings is 1. The van der Waals surface area contributed by atoms with E-state index < -0.39 is 5.41 Å². The minimum atomic E-state index is -0.515. The lowest BCUT2D eigenvalue weighted by molar-refractivity contribution is -0.125.